The van der Waals surface area contributed by atoms with Crippen LogP contribution in [0.1, 0.15) is 18.3 Å². The molecule has 0 amide bonds. The van der Waals surface area contributed by atoms with Crippen molar-refractivity contribution < 1.29 is 0 Å². The van der Waals surface area contributed by atoms with E-state index in [1.54, 1.807) is 6.07 Å². The summed E-state index contributed by atoms with van der Waals surface area (Å²) < 4.78 is 1.59. The van der Waals surface area contributed by atoms with Gasteiger partial charge in [-0.25, -0.2) is 9.97 Å². The highest BCUT2D eigenvalue weighted by Crippen LogP contribution is 2.26. The van der Waals surface area contributed by atoms with Crippen molar-refractivity contribution >= 4 is 54.5 Å². The molecule has 2 aromatic carbocycles. The Morgan fingerprint density at radius 2 is 1.89 bits per heavy atom. The molecule has 2 heterocycles. The molecule has 28 heavy (non-hydrogen) atoms. The van der Waals surface area contributed by atoms with Crippen LogP contribution >= 0.6 is 43.6 Å². The van der Waals surface area contributed by atoms with E-state index >= 15 is 0 Å². The Hall–Kier alpha value is -1.97. The summed E-state index contributed by atoms with van der Waals surface area (Å²) in [7, 11) is 0. The molecule has 2 N–H and O–H groups in total. The average molecular weight is 521 g/mol. The summed E-state index contributed by atoms with van der Waals surface area (Å²) in [4.78, 5) is 24.3. The minimum Gasteiger partial charge on any atom is -0.309 e. The fourth-order valence-corrected chi connectivity index (χ4v) is 4.74. The summed E-state index contributed by atoms with van der Waals surface area (Å²) in [6.45, 7) is 2.13. The standard InChI is InChI=1S/C19H15Br2N5OS/c1-2-10-3-5-11(6-4-10)17-24-19(26-25-17)28-9-15-22-16-13(18(27)23-15)7-12(20)8-14(16)21/h3-8H,2,9H2,1H3,(H,22,23,27)(H,24,25,26). The predicted octanol–water partition coefficient (Wildman–Crippen LogP) is 5.09. The van der Waals surface area contributed by atoms with Gasteiger partial charge in [-0.1, -0.05) is 58.9 Å². The van der Waals surface area contributed by atoms with Crippen LogP contribution in [0.5, 0.6) is 0 Å². The predicted molar refractivity (Wildman–Crippen MR) is 119 cm³/mol. The van der Waals surface area contributed by atoms with Crippen molar-refractivity contribution in [2.45, 2.75) is 24.3 Å². The largest absolute Gasteiger partial charge is 0.309 e. The molecule has 9 heteroatoms. The van der Waals surface area contributed by atoms with Crippen LogP contribution < -0.4 is 5.56 Å². The van der Waals surface area contributed by atoms with Gasteiger partial charge in [0.1, 0.15) is 5.82 Å². The number of rotatable bonds is 5. The van der Waals surface area contributed by atoms with E-state index < -0.39 is 0 Å². The van der Waals surface area contributed by atoms with E-state index in [-0.39, 0.29) is 5.56 Å². The van der Waals surface area contributed by atoms with Gasteiger partial charge in [0.05, 0.1) is 16.7 Å². The summed E-state index contributed by atoms with van der Waals surface area (Å²) >= 11 is 8.27. The molecule has 2 aromatic heterocycles. The van der Waals surface area contributed by atoms with Crippen LogP contribution in [0.3, 0.4) is 0 Å². The fourth-order valence-electron chi connectivity index (χ4n) is 2.75. The zero-order valence-corrected chi connectivity index (χ0v) is 18.8. The van der Waals surface area contributed by atoms with Crippen LogP contribution in [-0.4, -0.2) is 25.1 Å². The van der Waals surface area contributed by atoms with Crippen molar-refractivity contribution in [2.24, 2.45) is 0 Å². The first-order valence-corrected chi connectivity index (χ1v) is 11.1. The molecule has 0 saturated heterocycles. The van der Waals surface area contributed by atoms with E-state index in [4.69, 9.17) is 0 Å². The maximum Gasteiger partial charge on any atom is 0.258 e. The van der Waals surface area contributed by atoms with Crippen molar-refractivity contribution in [1.82, 2.24) is 25.1 Å². The Bertz CT molecular complexity index is 1200. The van der Waals surface area contributed by atoms with Gasteiger partial charge in [-0.15, -0.1) is 5.10 Å². The van der Waals surface area contributed by atoms with E-state index in [0.717, 1.165) is 26.8 Å². The Balaban J connectivity index is 1.53. The topological polar surface area (TPSA) is 87.3 Å². The number of aryl methyl sites for hydroxylation is 1. The third-order valence-electron chi connectivity index (χ3n) is 4.22. The second-order valence-electron chi connectivity index (χ2n) is 6.10. The van der Waals surface area contributed by atoms with Gasteiger partial charge >= 0.3 is 0 Å². The number of nitrogens with zero attached hydrogens (tertiary/aromatic N) is 3. The van der Waals surface area contributed by atoms with E-state index in [2.05, 4.69) is 76.1 Å². The molecule has 0 saturated carbocycles. The van der Waals surface area contributed by atoms with E-state index in [1.807, 2.05) is 18.2 Å². The van der Waals surface area contributed by atoms with E-state index in [0.29, 0.717) is 27.6 Å². The summed E-state index contributed by atoms with van der Waals surface area (Å²) in [6.07, 6.45) is 1.00. The van der Waals surface area contributed by atoms with Crippen LogP contribution in [0.15, 0.2) is 55.3 Å². The molecule has 0 aliphatic carbocycles. The molecule has 0 spiro atoms. The quantitative estimate of drug-likeness (QED) is 0.358. The smallest absolute Gasteiger partial charge is 0.258 e. The number of hydrogen-bond donors (Lipinski definition) is 2. The normalized spacial score (nSPS) is 11.2. The SMILES string of the molecule is CCc1ccc(-c2nc(SCc3nc4c(Br)cc(Br)cc4c(=O)[nH]3)n[nH]2)cc1. The van der Waals surface area contributed by atoms with Gasteiger partial charge in [0.2, 0.25) is 5.16 Å². The van der Waals surface area contributed by atoms with Crippen LogP contribution in [-0.2, 0) is 12.2 Å². The van der Waals surface area contributed by atoms with Gasteiger partial charge < -0.3 is 4.98 Å². The molecule has 0 bridgehead atoms. The number of hydrogen-bond acceptors (Lipinski definition) is 5. The summed E-state index contributed by atoms with van der Waals surface area (Å²) in [5.41, 5.74) is 2.73. The number of nitrogens with one attached hydrogen (secondary N) is 2. The summed E-state index contributed by atoms with van der Waals surface area (Å²) in [6, 6.07) is 11.9. The molecule has 0 fully saturated rings. The Kier molecular flexibility index (Phi) is 5.65. The molecule has 0 aliphatic heterocycles. The zero-order chi connectivity index (χ0) is 19.7. The first-order chi connectivity index (χ1) is 13.5. The molecule has 4 rings (SSSR count). The number of halogens is 2. The number of aromatic nitrogens is 5. The highest BCUT2D eigenvalue weighted by atomic mass is 79.9. The number of fused-ring (bicyclic) bond motifs is 1. The monoisotopic (exact) mass is 519 g/mol. The van der Waals surface area contributed by atoms with Gasteiger partial charge in [-0.05, 0) is 40.0 Å². The van der Waals surface area contributed by atoms with Crippen LogP contribution in [0.25, 0.3) is 22.3 Å². The second kappa shape index (κ2) is 8.18. The highest BCUT2D eigenvalue weighted by Gasteiger charge is 2.11. The molecule has 142 valence electrons. The fraction of sp³-hybridized carbons (Fsp3) is 0.158. The van der Waals surface area contributed by atoms with Crippen molar-refractivity contribution in [2.75, 3.05) is 0 Å². The van der Waals surface area contributed by atoms with Crippen molar-refractivity contribution in [3.63, 3.8) is 0 Å². The van der Waals surface area contributed by atoms with Gasteiger partial charge in [0.15, 0.2) is 5.82 Å². The van der Waals surface area contributed by atoms with Crippen LogP contribution in [0.2, 0.25) is 0 Å². The van der Waals surface area contributed by atoms with E-state index in [9.17, 15) is 4.79 Å². The highest BCUT2D eigenvalue weighted by molar-refractivity contribution is 9.11. The number of H-pyrrole nitrogens is 2. The number of benzene rings is 2. The van der Waals surface area contributed by atoms with Gasteiger partial charge in [-0.3, -0.25) is 9.89 Å². The molecule has 0 radical (unpaired) electrons. The molecule has 0 unspecified atom stereocenters. The first kappa shape index (κ1) is 19.4. The third-order valence-corrected chi connectivity index (χ3v) is 6.14. The molecule has 4 aromatic rings. The third kappa shape index (κ3) is 4.06. The Morgan fingerprint density at radius 1 is 1.11 bits per heavy atom. The molecular formula is C19H15Br2N5OS. The summed E-state index contributed by atoms with van der Waals surface area (Å²) in [5.74, 6) is 1.75. The van der Waals surface area contributed by atoms with Crippen molar-refractivity contribution in [3.05, 3.63) is 67.1 Å². The van der Waals surface area contributed by atoms with Crippen LogP contribution in [0.4, 0.5) is 0 Å². The molecule has 0 aliphatic rings. The maximum absolute atomic E-state index is 12.4. The minimum atomic E-state index is -0.172. The Labute approximate surface area is 181 Å². The molecule has 6 nitrogen and oxygen atoms in total. The lowest BCUT2D eigenvalue weighted by Gasteiger charge is -2.04. The number of aromatic amines is 2. The molecular weight excluding hydrogens is 506 g/mol. The van der Waals surface area contributed by atoms with Crippen LogP contribution in [0, 0.1) is 0 Å². The van der Waals surface area contributed by atoms with Crippen molar-refractivity contribution in [1.29, 1.82) is 0 Å². The van der Waals surface area contributed by atoms with Gasteiger partial charge in [0.25, 0.3) is 5.56 Å². The van der Waals surface area contributed by atoms with Gasteiger partial charge in [-0.2, -0.15) is 0 Å². The molecule has 0 atom stereocenters. The lowest BCUT2D eigenvalue weighted by molar-refractivity contribution is 0.965. The first-order valence-electron chi connectivity index (χ1n) is 8.56. The summed E-state index contributed by atoms with van der Waals surface area (Å²) in [5, 5.41) is 8.36. The van der Waals surface area contributed by atoms with Gasteiger partial charge in [0, 0.05) is 14.5 Å². The maximum atomic E-state index is 12.4. The zero-order valence-electron chi connectivity index (χ0n) is 14.8. The lowest BCUT2D eigenvalue weighted by Crippen LogP contribution is -2.11. The number of thioether (sulfide) groups is 1. The minimum absolute atomic E-state index is 0.172. The second-order valence-corrected chi connectivity index (χ2v) is 8.81. The van der Waals surface area contributed by atoms with Crippen molar-refractivity contribution in [3.8, 4) is 11.4 Å². The lowest BCUT2D eigenvalue weighted by atomic mass is 10.1. The average Bonchev–Trinajstić information content (AvgIpc) is 3.16. The Morgan fingerprint density at radius 3 is 2.64 bits per heavy atom. The van der Waals surface area contributed by atoms with E-state index in [1.165, 1.54) is 17.3 Å².